The maximum Gasteiger partial charge on any atom is 0.339 e. The number of carboxylic acid groups (broad SMARTS) is 1. The smallest absolute Gasteiger partial charge is 0.339 e. The number of carbonyl (C=O) groups is 4. The van der Waals surface area contributed by atoms with Crippen molar-refractivity contribution in [1.29, 1.82) is 0 Å². The maximum absolute atomic E-state index is 14.8. The van der Waals surface area contributed by atoms with Crippen molar-refractivity contribution < 1.29 is 28.7 Å². The van der Waals surface area contributed by atoms with Crippen molar-refractivity contribution in [3.05, 3.63) is 77.4 Å². The molecule has 2 amide bonds. The van der Waals surface area contributed by atoms with E-state index in [2.05, 4.69) is 15.2 Å². The van der Waals surface area contributed by atoms with Crippen molar-refractivity contribution in [3.8, 4) is 11.3 Å². The number of carbonyl (C=O) groups excluding carboxylic acids is 3. The van der Waals surface area contributed by atoms with Gasteiger partial charge in [0.05, 0.1) is 23.0 Å². The van der Waals surface area contributed by atoms with Gasteiger partial charge in [-0.1, -0.05) is 18.2 Å². The number of fused-ring (bicyclic) bond motifs is 1. The van der Waals surface area contributed by atoms with Crippen LogP contribution in [0.15, 0.2) is 54.9 Å². The van der Waals surface area contributed by atoms with Gasteiger partial charge in [-0.2, -0.15) is 5.10 Å². The summed E-state index contributed by atoms with van der Waals surface area (Å²) in [6.45, 7) is 0.846. The van der Waals surface area contributed by atoms with Crippen molar-refractivity contribution in [3.63, 3.8) is 0 Å². The average molecular weight is 489 g/mol. The molecule has 11 heteroatoms. The van der Waals surface area contributed by atoms with E-state index in [1.807, 2.05) is 6.07 Å². The zero-order chi connectivity index (χ0) is 25.4. The Kier molecular flexibility index (Phi) is 5.80. The number of carboxylic acids is 1. The predicted octanol–water partition coefficient (Wildman–Crippen LogP) is 2.56. The van der Waals surface area contributed by atoms with E-state index >= 15 is 0 Å². The molecule has 0 saturated carbocycles. The van der Waals surface area contributed by atoms with Gasteiger partial charge >= 0.3 is 5.97 Å². The second-order valence-corrected chi connectivity index (χ2v) is 8.29. The molecule has 2 aromatic carbocycles. The number of Topliss-reactive ketones (excluding diaryl/α,β-unsaturated/α-hetero) is 1. The van der Waals surface area contributed by atoms with E-state index in [1.165, 1.54) is 17.2 Å². The first kappa shape index (κ1) is 23.0. The fraction of sp³-hybridized carbons (Fsp3) is 0.160. The summed E-state index contributed by atoms with van der Waals surface area (Å²) in [5, 5.41) is 15.6. The fourth-order valence-corrected chi connectivity index (χ4v) is 4.38. The van der Waals surface area contributed by atoms with Crippen molar-refractivity contribution in [2.45, 2.75) is 0 Å². The summed E-state index contributed by atoms with van der Waals surface area (Å²) in [5.74, 6) is -3.82. The van der Waals surface area contributed by atoms with E-state index in [1.54, 1.807) is 29.2 Å². The number of nitrogens with one attached hydrogen (secondary N) is 2. The van der Waals surface area contributed by atoms with Crippen molar-refractivity contribution >= 4 is 34.5 Å². The van der Waals surface area contributed by atoms with Crippen LogP contribution in [0.3, 0.4) is 0 Å². The quantitative estimate of drug-likeness (QED) is 0.291. The number of piperazine rings is 1. The largest absolute Gasteiger partial charge is 0.478 e. The molecule has 1 fully saturated rings. The summed E-state index contributed by atoms with van der Waals surface area (Å²) < 4.78 is 14.8. The predicted molar refractivity (Wildman–Crippen MR) is 126 cm³/mol. The zero-order valence-corrected chi connectivity index (χ0v) is 18.8. The van der Waals surface area contributed by atoms with Crippen LogP contribution in [-0.2, 0) is 4.79 Å². The molecular formula is C25H20FN5O5. The van der Waals surface area contributed by atoms with Gasteiger partial charge in [0.2, 0.25) is 0 Å². The Morgan fingerprint density at radius 1 is 0.917 bits per heavy atom. The first-order valence-corrected chi connectivity index (χ1v) is 11.1. The van der Waals surface area contributed by atoms with E-state index in [-0.39, 0.29) is 59.8 Å². The molecule has 0 spiro atoms. The van der Waals surface area contributed by atoms with Gasteiger partial charge in [-0.3, -0.25) is 19.5 Å². The number of halogens is 1. The highest BCUT2D eigenvalue weighted by molar-refractivity contribution is 6.45. The van der Waals surface area contributed by atoms with Crippen LogP contribution in [0.4, 0.5) is 4.39 Å². The second kappa shape index (κ2) is 9.10. The summed E-state index contributed by atoms with van der Waals surface area (Å²) in [6, 6.07) is 11.3. The monoisotopic (exact) mass is 489 g/mol. The van der Waals surface area contributed by atoms with Crippen molar-refractivity contribution in [2.75, 3.05) is 26.2 Å². The van der Waals surface area contributed by atoms with Gasteiger partial charge in [0.25, 0.3) is 17.6 Å². The third kappa shape index (κ3) is 3.90. The number of nitrogens with zero attached hydrogens (tertiary/aromatic N) is 3. The summed E-state index contributed by atoms with van der Waals surface area (Å²) in [5.41, 5.74) is 0.857. The van der Waals surface area contributed by atoms with Gasteiger partial charge in [-0.05, 0) is 24.3 Å². The molecule has 1 aliphatic rings. The molecular weight excluding hydrogens is 469 g/mol. The van der Waals surface area contributed by atoms with Gasteiger partial charge in [0.1, 0.15) is 11.4 Å². The van der Waals surface area contributed by atoms with Crippen molar-refractivity contribution in [1.82, 2.24) is 25.0 Å². The number of H-pyrrole nitrogens is 2. The van der Waals surface area contributed by atoms with E-state index in [4.69, 9.17) is 0 Å². The standard InChI is InChI=1S/C25H20FN5O5/c26-18-7-6-15(20-17(25(35)36)13-28-29-20)21-19(18)16(12-27-21)22(32)24(34)31-10-8-30(9-11-31)23(33)14-4-2-1-3-5-14/h1-7,12-13,27H,8-11H2,(H,28,29)(H,35,36). The lowest BCUT2D eigenvalue weighted by atomic mass is 10.0. The van der Waals surface area contributed by atoms with E-state index in [9.17, 15) is 28.7 Å². The minimum atomic E-state index is -1.22. The lowest BCUT2D eigenvalue weighted by molar-refractivity contribution is -0.127. The molecule has 182 valence electrons. The maximum atomic E-state index is 14.8. The molecule has 0 radical (unpaired) electrons. The Labute approximate surface area is 203 Å². The molecule has 10 nitrogen and oxygen atoms in total. The fourth-order valence-electron chi connectivity index (χ4n) is 4.38. The van der Waals surface area contributed by atoms with Crippen LogP contribution in [-0.4, -0.2) is 79.8 Å². The number of aromatic carboxylic acids is 1. The number of rotatable bonds is 5. The van der Waals surface area contributed by atoms with Crippen LogP contribution >= 0.6 is 0 Å². The molecule has 3 N–H and O–H groups in total. The van der Waals surface area contributed by atoms with Gasteiger partial charge in [0.15, 0.2) is 0 Å². The molecule has 4 aromatic rings. The Hall–Kier alpha value is -4.80. The molecule has 5 rings (SSSR count). The third-order valence-electron chi connectivity index (χ3n) is 6.24. The minimum Gasteiger partial charge on any atom is -0.478 e. The molecule has 0 aliphatic carbocycles. The number of benzene rings is 2. The number of hydrogen-bond acceptors (Lipinski definition) is 5. The lowest BCUT2D eigenvalue weighted by Gasteiger charge is -2.34. The molecule has 1 saturated heterocycles. The number of aromatic amines is 2. The average Bonchev–Trinajstić information content (AvgIpc) is 3.57. The van der Waals surface area contributed by atoms with Crippen LogP contribution in [0.25, 0.3) is 22.2 Å². The van der Waals surface area contributed by atoms with Gasteiger partial charge in [-0.15, -0.1) is 0 Å². The zero-order valence-electron chi connectivity index (χ0n) is 18.8. The molecule has 2 aromatic heterocycles. The lowest BCUT2D eigenvalue weighted by Crippen LogP contribution is -2.52. The van der Waals surface area contributed by atoms with E-state index in [0.717, 1.165) is 12.3 Å². The van der Waals surface area contributed by atoms with Crippen LogP contribution < -0.4 is 0 Å². The molecule has 36 heavy (non-hydrogen) atoms. The van der Waals surface area contributed by atoms with Crippen LogP contribution in [0.1, 0.15) is 31.1 Å². The minimum absolute atomic E-state index is 0.116. The first-order chi connectivity index (χ1) is 17.4. The van der Waals surface area contributed by atoms with E-state index < -0.39 is 23.5 Å². The number of amides is 2. The van der Waals surface area contributed by atoms with Crippen molar-refractivity contribution in [2.24, 2.45) is 0 Å². The molecule has 1 aliphatic heterocycles. The third-order valence-corrected chi connectivity index (χ3v) is 6.24. The molecule has 0 atom stereocenters. The Bertz CT molecular complexity index is 1500. The number of aromatic nitrogens is 3. The summed E-state index contributed by atoms with van der Waals surface area (Å²) in [6.07, 6.45) is 2.37. The highest BCUT2D eigenvalue weighted by Crippen LogP contribution is 2.33. The van der Waals surface area contributed by atoms with Crippen LogP contribution in [0.5, 0.6) is 0 Å². The van der Waals surface area contributed by atoms with Crippen LogP contribution in [0.2, 0.25) is 0 Å². The highest BCUT2D eigenvalue weighted by atomic mass is 19.1. The number of ketones is 1. The van der Waals surface area contributed by atoms with Gasteiger partial charge in [-0.25, -0.2) is 9.18 Å². The van der Waals surface area contributed by atoms with Crippen LogP contribution in [0, 0.1) is 5.82 Å². The Morgan fingerprint density at radius 3 is 2.31 bits per heavy atom. The van der Waals surface area contributed by atoms with Gasteiger partial charge < -0.3 is 19.9 Å². The summed E-state index contributed by atoms with van der Waals surface area (Å²) >= 11 is 0. The summed E-state index contributed by atoms with van der Waals surface area (Å²) in [7, 11) is 0. The van der Waals surface area contributed by atoms with Gasteiger partial charge in [0, 0.05) is 48.9 Å². The number of hydrogen-bond donors (Lipinski definition) is 3. The first-order valence-electron chi connectivity index (χ1n) is 11.1. The highest BCUT2D eigenvalue weighted by Gasteiger charge is 2.31. The molecule has 0 bridgehead atoms. The SMILES string of the molecule is O=C(O)c1cn[nH]c1-c1ccc(F)c2c(C(=O)C(=O)N3CCN(C(=O)c4ccccc4)CC3)c[nH]c12. The molecule has 3 heterocycles. The Morgan fingerprint density at radius 2 is 1.61 bits per heavy atom. The normalized spacial score (nSPS) is 13.7. The topological polar surface area (TPSA) is 139 Å². The van der Waals surface area contributed by atoms with E-state index in [0.29, 0.717) is 11.1 Å². The summed E-state index contributed by atoms with van der Waals surface area (Å²) in [4.78, 5) is 56.0. The molecule has 0 unspecified atom stereocenters. The second-order valence-electron chi connectivity index (χ2n) is 8.29. The Balaban J connectivity index is 1.37.